The number of carbonyl (C=O) groups is 3. The topological polar surface area (TPSA) is 123 Å². The number of imide groups is 1. The number of aryl methyl sites for hydroxylation is 1. The Balaban J connectivity index is 1.73. The van der Waals surface area contributed by atoms with E-state index in [9.17, 15) is 14.4 Å². The molecule has 27 heavy (non-hydrogen) atoms. The van der Waals surface area contributed by atoms with Crippen molar-refractivity contribution in [1.29, 1.82) is 0 Å². The first-order valence-electron chi connectivity index (χ1n) is 8.18. The summed E-state index contributed by atoms with van der Waals surface area (Å²) in [6.07, 6.45) is 0.114. The van der Waals surface area contributed by atoms with Crippen molar-refractivity contribution in [2.24, 2.45) is 0 Å². The second-order valence-electron chi connectivity index (χ2n) is 5.86. The molecule has 2 aromatic rings. The van der Waals surface area contributed by atoms with Gasteiger partial charge < -0.3 is 14.6 Å². The van der Waals surface area contributed by atoms with Crippen molar-refractivity contribution >= 4 is 29.5 Å². The summed E-state index contributed by atoms with van der Waals surface area (Å²) in [4.78, 5) is 38.7. The van der Waals surface area contributed by atoms with Crippen LogP contribution in [0.3, 0.4) is 0 Å². The van der Waals surface area contributed by atoms with Crippen LogP contribution >= 0.6 is 11.6 Å². The number of amides is 3. The molecule has 0 radical (unpaired) electrons. The predicted molar refractivity (Wildman–Crippen MR) is 95.8 cm³/mol. The summed E-state index contributed by atoms with van der Waals surface area (Å²) in [5.74, 6) is -0.701. The normalized spacial score (nSPS) is 10.5. The van der Waals surface area contributed by atoms with E-state index in [-0.39, 0.29) is 24.8 Å². The van der Waals surface area contributed by atoms with Gasteiger partial charge in [0.2, 0.25) is 11.7 Å². The Morgan fingerprint density at radius 1 is 1.22 bits per heavy atom. The first-order valence-corrected chi connectivity index (χ1v) is 8.56. The van der Waals surface area contributed by atoms with Gasteiger partial charge in [-0.1, -0.05) is 16.8 Å². The summed E-state index contributed by atoms with van der Waals surface area (Å²) in [7, 11) is 0. The molecule has 1 heterocycles. The van der Waals surface area contributed by atoms with Crippen molar-refractivity contribution in [3.8, 4) is 11.4 Å². The summed E-state index contributed by atoms with van der Waals surface area (Å²) >= 11 is 5.82. The van der Waals surface area contributed by atoms with Gasteiger partial charge in [0.15, 0.2) is 6.61 Å². The molecule has 10 heteroatoms. The maximum absolute atomic E-state index is 11.7. The number of carbonyl (C=O) groups excluding carboxylic acids is 3. The second-order valence-corrected chi connectivity index (χ2v) is 6.29. The van der Waals surface area contributed by atoms with Crippen molar-refractivity contribution in [3.05, 3.63) is 35.2 Å². The van der Waals surface area contributed by atoms with Gasteiger partial charge >= 0.3 is 12.0 Å². The van der Waals surface area contributed by atoms with Gasteiger partial charge in [0.25, 0.3) is 5.91 Å². The fraction of sp³-hybridized carbons (Fsp3) is 0.353. The molecule has 0 saturated heterocycles. The van der Waals surface area contributed by atoms with Gasteiger partial charge in [-0.25, -0.2) is 4.79 Å². The van der Waals surface area contributed by atoms with E-state index in [0.717, 1.165) is 5.56 Å². The van der Waals surface area contributed by atoms with E-state index in [2.05, 4.69) is 15.5 Å². The lowest BCUT2D eigenvalue weighted by Gasteiger charge is -2.09. The Bertz CT molecular complexity index is 804. The molecule has 0 aliphatic rings. The van der Waals surface area contributed by atoms with Gasteiger partial charge in [0.05, 0.1) is 6.42 Å². The monoisotopic (exact) mass is 394 g/mol. The van der Waals surface area contributed by atoms with E-state index in [1.807, 2.05) is 5.32 Å². The van der Waals surface area contributed by atoms with Gasteiger partial charge in [-0.05, 0) is 38.1 Å². The van der Waals surface area contributed by atoms with Crippen LogP contribution in [-0.4, -0.2) is 40.7 Å². The van der Waals surface area contributed by atoms with E-state index >= 15 is 0 Å². The average Bonchev–Trinajstić information content (AvgIpc) is 3.07. The van der Waals surface area contributed by atoms with Gasteiger partial charge in [0, 0.05) is 23.0 Å². The average molecular weight is 395 g/mol. The Morgan fingerprint density at radius 2 is 1.93 bits per heavy atom. The number of urea groups is 1. The van der Waals surface area contributed by atoms with Crippen LogP contribution in [0, 0.1) is 0 Å². The highest BCUT2D eigenvalue weighted by Gasteiger charge is 2.14. The summed E-state index contributed by atoms with van der Waals surface area (Å²) < 4.78 is 9.88. The van der Waals surface area contributed by atoms with E-state index in [1.165, 1.54) is 0 Å². The van der Waals surface area contributed by atoms with Crippen molar-refractivity contribution < 1.29 is 23.6 Å². The number of nitrogens with one attached hydrogen (secondary N) is 2. The fourth-order valence-electron chi connectivity index (χ4n) is 1.96. The van der Waals surface area contributed by atoms with Gasteiger partial charge in [-0.15, -0.1) is 0 Å². The number of rotatable bonds is 7. The zero-order valence-corrected chi connectivity index (χ0v) is 15.6. The van der Waals surface area contributed by atoms with Crippen LogP contribution in [0.1, 0.15) is 26.2 Å². The van der Waals surface area contributed by atoms with Crippen LogP contribution in [0.15, 0.2) is 28.8 Å². The summed E-state index contributed by atoms with van der Waals surface area (Å²) in [6.45, 7) is 2.95. The molecule has 2 rings (SSSR count). The van der Waals surface area contributed by atoms with E-state index in [1.54, 1.807) is 38.1 Å². The minimum absolute atomic E-state index is 0.0479. The number of ether oxygens (including phenoxy) is 1. The van der Waals surface area contributed by atoms with Crippen LogP contribution in [0.2, 0.25) is 5.02 Å². The lowest BCUT2D eigenvalue weighted by atomic mass is 10.2. The van der Waals surface area contributed by atoms with Crippen molar-refractivity contribution in [2.45, 2.75) is 32.7 Å². The molecule has 0 atom stereocenters. The third-order valence-corrected chi connectivity index (χ3v) is 3.40. The van der Waals surface area contributed by atoms with Crippen LogP contribution in [0.4, 0.5) is 4.79 Å². The van der Waals surface area contributed by atoms with Crippen LogP contribution in [0.5, 0.6) is 0 Å². The Labute approximate surface area is 160 Å². The molecule has 0 bridgehead atoms. The summed E-state index contributed by atoms with van der Waals surface area (Å²) in [5, 5.41) is 8.96. The molecular weight excluding hydrogens is 376 g/mol. The zero-order valence-electron chi connectivity index (χ0n) is 14.8. The lowest BCUT2D eigenvalue weighted by molar-refractivity contribution is -0.148. The largest absolute Gasteiger partial charge is 0.456 e. The van der Waals surface area contributed by atoms with E-state index < -0.39 is 24.5 Å². The van der Waals surface area contributed by atoms with Crippen LogP contribution in [-0.2, 0) is 20.7 Å². The number of esters is 1. The number of nitrogens with zero attached hydrogens (tertiary/aromatic N) is 2. The Hall–Kier alpha value is -2.94. The van der Waals surface area contributed by atoms with Crippen molar-refractivity contribution in [2.75, 3.05) is 6.61 Å². The quantitative estimate of drug-likeness (QED) is 0.689. The highest BCUT2D eigenvalue weighted by molar-refractivity contribution is 6.30. The van der Waals surface area contributed by atoms with Gasteiger partial charge in [0.1, 0.15) is 0 Å². The molecule has 9 nitrogen and oxygen atoms in total. The number of aromatic nitrogens is 2. The van der Waals surface area contributed by atoms with Crippen molar-refractivity contribution in [1.82, 2.24) is 20.8 Å². The third kappa shape index (κ3) is 7.06. The zero-order chi connectivity index (χ0) is 19.8. The summed E-state index contributed by atoms with van der Waals surface area (Å²) in [6, 6.07) is 6.14. The van der Waals surface area contributed by atoms with Crippen LogP contribution < -0.4 is 10.6 Å². The number of benzene rings is 1. The molecule has 0 aliphatic carbocycles. The lowest BCUT2D eigenvalue weighted by Crippen LogP contribution is -2.44. The molecule has 3 amide bonds. The molecule has 0 spiro atoms. The molecule has 0 aliphatic heterocycles. The second kappa shape index (κ2) is 9.67. The summed E-state index contributed by atoms with van der Waals surface area (Å²) in [5.41, 5.74) is 0.730. The first-order chi connectivity index (χ1) is 12.8. The fourth-order valence-corrected chi connectivity index (χ4v) is 2.09. The number of halogens is 1. The molecule has 1 aromatic carbocycles. The highest BCUT2D eigenvalue weighted by Crippen LogP contribution is 2.19. The maximum atomic E-state index is 11.7. The highest BCUT2D eigenvalue weighted by atomic mass is 35.5. The smallest absolute Gasteiger partial charge is 0.321 e. The van der Waals surface area contributed by atoms with Gasteiger partial charge in [-0.3, -0.25) is 14.9 Å². The van der Waals surface area contributed by atoms with E-state index in [0.29, 0.717) is 10.8 Å². The molecule has 0 saturated carbocycles. The molecule has 0 unspecified atom stereocenters. The third-order valence-electron chi connectivity index (χ3n) is 3.15. The van der Waals surface area contributed by atoms with Gasteiger partial charge in [-0.2, -0.15) is 4.98 Å². The molecular formula is C17H19ClN4O5. The first kappa shape index (κ1) is 20.4. The SMILES string of the molecule is CC(C)NC(=O)NC(=O)COC(=O)CCc1nc(-c2ccc(Cl)cc2)no1. The molecule has 144 valence electrons. The Kier molecular flexibility index (Phi) is 7.30. The number of hydrogen-bond donors (Lipinski definition) is 2. The minimum atomic E-state index is -0.718. The maximum Gasteiger partial charge on any atom is 0.321 e. The molecule has 2 N–H and O–H groups in total. The van der Waals surface area contributed by atoms with Crippen molar-refractivity contribution in [3.63, 3.8) is 0 Å². The molecule has 0 fully saturated rings. The standard InChI is InChI=1S/C17H19ClN4O5/c1-10(2)19-17(25)20-13(23)9-26-15(24)8-7-14-21-16(22-27-14)11-3-5-12(18)6-4-11/h3-6,10H,7-9H2,1-2H3,(H2,19,20,23,25). The number of hydrogen-bond acceptors (Lipinski definition) is 7. The van der Waals surface area contributed by atoms with E-state index in [4.69, 9.17) is 20.9 Å². The predicted octanol–water partition coefficient (Wildman–Crippen LogP) is 2.10. The molecule has 1 aromatic heterocycles. The van der Waals surface area contributed by atoms with Crippen LogP contribution in [0.25, 0.3) is 11.4 Å². The Morgan fingerprint density at radius 3 is 2.59 bits per heavy atom. The minimum Gasteiger partial charge on any atom is -0.456 e.